The van der Waals surface area contributed by atoms with Crippen molar-refractivity contribution >= 4 is 0 Å². The van der Waals surface area contributed by atoms with Gasteiger partial charge in [0.15, 0.2) is 0 Å². The van der Waals surface area contributed by atoms with Gasteiger partial charge in [-0.25, -0.2) is 0 Å². The molecule has 2 aliphatic rings. The highest BCUT2D eigenvalue weighted by Gasteiger charge is 2.33. The number of nitrogens with two attached hydrogens (primary N) is 1. The topological polar surface area (TPSA) is 41.3 Å². The van der Waals surface area contributed by atoms with Gasteiger partial charge in [0.2, 0.25) is 0 Å². The number of rotatable bonds is 0. The molecule has 0 unspecified atom stereocenters. The average Bonchev–Trinajstić information content (AvgIpc) is 2.00. The van der Waals surface area contributed by atoms with Crippen LogP contribution in [0.1, 0.15) is 20.3 Å². The van der Waals surface area contributed by atoms with Gasteiger partial charge in [0, 0.05) is 42.5 Å². The first-order valence-corrected chi connectivity index (χ1v) is 5.11. The van der Waals surface area contributed by atoms with Gasteiger partial charge in [-0.1, -0.05) is 13.8 Å². The van der Waals surface area contributed by atoms with E-state index in [1.165, 1.54) is 11.3 Å². The van der Waals surface area contributed by atoms with Crippen molar-refractivity contribution in [1.82, 2.24) is 10.2 Å². The molecular formula is C11H19N3. The van der Waals surface area contributed by atoms with Crippen LogP contribution in [-0.2, 0) is 0 Å². The van der Waals surface area contributed by atoms with Crippen molar-refractivity contribution in [2.75, 3.05) is 20.1 Å². The molecule has 0 fully saturated rings. The minimum Gasteiger partial charge on any atom is -0.401 e. The summed E-state index contributed by atoms with van der Waals surface area (Å²) in [5.74, 6) is 0. The molecule has 3 heteroatoms. The van der Waals surface area contributed by atoms with E-state index in [-0.39, 0.29) is 5.41 Å². The Kier molecular flexibility index (Phi) is 2.07. The number of nitrogens with one attached hydrogen (secondary N) is 1. The second kappa shape index (κ2) is 3.02. The molecule has 2 rings (SSSR count). The minimum absolute atomic E-state index is 0.222. The number of nitrogens with zero attached hydrogens (tertiary/aromatic N) is 1. The molecule has 0 radical (unpaired) electrons. The van der Waals surface area contributed by atoms with Crippen molar-refractivity contribution in [1.29, 1.82) is 0 Å². The van der Waals surface area contributed by atoms with Crippen molar-refractivity contribution in [3.05, 3.63) is 23.2 Å². The predicted octanol–water partition coefficient (Wildman–Crippen LogP) is 1.01. The van der Waals surface area contributed by atoms with Crippen LogP contribution in [0.2, 0.25) is 0 Å². The maximum atomic E-state index is 5.82. The van der Waals surface area contributed by atoms with Crippen molar-refractivity contribution in [2.24, 2.45) is 11.1 Å². The molecule has 78 valence electrons. The molecular weight excluding hydrogens is 174 g/mol. The zero-order valence-electron chi connectivity index (χ0n) is 9.22. The van der Waals surface area contributed by atoms with E-state index in [1.807, 2.05) is 6.20 Å². The van der Waals surface area contributed by atoms with Crippen LogP contribution in [-0.4, -0.2) is 25.0 Å². The van der Waals surface area contributed by atoms with Gasteiger partial charge in [-0.15, -0.1) is 0 Å². The van der Waals surface area contributed by atoms with Gasteiger partial charge in [0.1, 0.15) is 0 Å². The van der Waals surface area contributed by atoms with E-state index >= 15 is 0 Å². The highest BCUT2D eigenvalue weighted by Crippen LogP contribution is 2.35. The summed E-state index contributed by atoms with van der Waals surface area (Å²) in [6, 6.07) is 0. The SMILES string of the molecule is CN1CC2=C(NC=C(N)C2)C(C)(C)C1. The van der Waals surface area contributed by atoms with E-state index in [4.69, 9.17) is 5.73 Å². The van der Waals surface area contributed by atoms with E-state index in [0.717, 1.165) is 25.2 Å². The fraction of sp³-hybridized carbons (Fsp3) is 0.636. The van der Waals surface area contributed by atoms with Gasteiger partial charge < -0.3 is 16.0 Å². The number of allylic oxidation sites excluding steroid dienone is 1. The van der Waals surface area contributed by atoms with Crippen LogP contribution in [0.3, 0.4) is 0 Å². The number of hydrogen-bond acceptors (Lipinski definition) is 3. The van der Waals surface area contributed by atoms with Crippen LogP contribution < -0.4 is 11.1 Å². The molecule has 3 N–H and O–H groups in total. The Morgan fingerprint density at radius 1 is 1.50 bits per heavy atom. The summed E-state index contributed by atoms with van der Waals surface area (Å²) in [7, 11) is 2.17. The first-order chi connectivity index (χ1) is 6.49. The quantitative estimate of drug-likeness (QED) is 0.603. The third-order valence-electron chi connectivity index (χ3n) is 2.98. The Bertz CT molecular complexity index is 312. The summed E-state index contributed by atoms with van der Waals surface area (Å²) < 4.78 is 0. The lowest BCUT2D eigenvalue weighted by Gasteiger charge is -2.41. The van der Waals surface area contributed by atoms with Crippen LogP contribution in [0, 0.1) is 5.41 Å². The fourth-order valence-corrected chi connectivity index (χ4v) is 2.60. The zero-order valence-corrected chi connectivity index (χ0v) is 9.22. The summed E-state index contributed by atoms with van der Waals surface area (Å²) in [5.41, 5.74) is 9.81. The molecule has 14 heavy (non-hydrogen) atoms. The van der Waals surface area contributed by atoms with Gasteiger partial charge >= 0.3 is 0 Å². The van der Waals surface area contributed by atoms with Crippen LogP contribution >= 0.6 is 0 Å². The van der Waals surface area contributed by atoms with Crippen LogP contribution in [0.4, 0.5) is 0 Å². The van der Waals surface area contributed by atoms with E-state index in [0.29, 0.717) is 0 Å². The molecule has 2 heterocycles. The monoisotopic (exact) mass is 193 g/mol. The number of dihydropyridines is 1. The molecule has 0 bridgehead atoms. The Morgan fingerprint density at radius 2 is 2.21 bits per heavy atom. The molecule has 0 amide bonds. The third-order valence-corrected chi connectivity index (χ3v) is 2.98. The van der Waals surface area contributed by atoms with Crippen molar-refractivity contribution < 1.29 is 0 Å². The molecule has 0 aromatic carbocycles. The molecule has 0 atom stereocenters. The lowest BCUT2D eigenvalue weighted by atomic mass is 9.80. The lowest BCUT2D eigenvalue weighted by molar-refractivity contribution is 0.219. The van der Waals surface area contributed by atoms with Gasteiger partial charge in [0.25, 0.3) is 0 Å². The molecule has 0 saturated carbocycles. The molecule has 0 aliphatic carbocycles. The third kappa shape index (κ3) is 1.52. The maximum absolute atomic E-state index is 5.82. The molecule has 0 aromatic heterocycles. The molecule has 3 nitrogen and oxygen atoms in total. The zero-order chi connectivity index (χ0) is 10.3. The lowest BCUT2D eigenvalue weighted by Crippen LogP contribution is -2.44. The molecule has 0 spiro atoms. The van der Waals surface area contributed by atoms with Crippen LogP contribution in [0.15, 0.2) is 23.2 Å². The first-order valence-electron chi connectivity index (χ1n) is 5.11. The normalized spacial score (nSPS) is 26.6. The molecule has 0 aromatic rings. The van der Waals surface area contributed by atoms with E-state index in [2.05, 4.69) is 31.1 Å². The number of likely N-dealkylation sites (N-methyl/N-ethyl adjacent to an activating group) is 1. The highest BCUT2D eigenvalue weighted by molar-refractivity contribution is 5.32. The van der Waals surface area contributed by atoms with Crippen molar-refractivity contribution in [3.8, 4) is 0 Å². The van der Waals surface area contributed by atoms with Crippen LogP contribution in [0.25, 0.3) is 0 Å². The maximum Gasteiger partial charge on any atom is 0.0286 e. The average molecular weight is 193 g/mol. The second-order valence-corrected chi connectivity index (χ2v) is 5.08. The number of hydrogen-bond donors (Lipinski definition) is 2. The Balaban J connectivity index is 2.31. The van der Waals surface area contributed by atoms with Gasteiger partial charge in [0.05, 0.1) is 0 Å². The summed E-state index contributed by atoms with van der Waals surface area (Å²) in [4.78, 5) is 2.36. The second-order valence-electron chi connectivity index (χ2n) is 5.08. The first kappa shape index (κ1) is 9.59. The predicted molar refractivity (Wildman–Crippen MR) is 58.3 cm³/mol. The Morgan fingerprint density at radius 3 is 2.93 bits per heavy atom. The van der Waals surface area contributed by atoms with Gasteiger partial charge in [-0.2, -0.15) is 0 Å². The van der Waals surface area contributed by atoms with Gasteiger partial charge in [-0.3, -0.25) is 0 Å². The Hall–Kier alpha value is -0.960. The summed E-state index contributed by atoms with van der Waals surface area (Å²) in [6.45, 7) is 6.70. The largest absolute Gasteiger partial charge is 0.401 e. The Labute approximate surface area is 85.6 Å². The smallest absolute Gasteiger partial charge is 0.0286 e. The van der Waals surface area contributed by atoms with Gasteiger partial charge in [-0.05, 0) is 12.6 Å². The minimum atomic E-state index is 0.222. The highest BCUT2D eigenvalue weighted by atomic mass is 15.1. The standard InChI is InChI=1S/C11H19N3/c1-11(2)7-14(3)6-8-4-9(12)5-13-10(8)11/h5,13H,4,6-7,12H2,1-3H3. The summed E-state index contributed by atoms with van der Waals surface area (Å²) >= 11 is 0. The van der Waals surface area contributed by atoms with E-state index in [9.17, 15) is 0 Å². The summed E-state index contributed by atoms with van der Waals surface area (Å²) in [6.07, 6.45) is 2.86. The molecule has 0 saturated heterocycles. The fourth-order valence-electron chi connectivity index (χ4n) is 2.60. The molecule has 2 aliphatic heterocycles. The van der Waals surface area contributed by atoms with Crippen molar-refractivity contribution in [2.45, 2.75) is 20.3 Å². The van der Waals surface area contributed by atoms with E-state index in [1.54, 1.807) is 0 Å². The van der Waals surface area contributed by atoms with Crippen LogP contribution in [0.5, 0.6) is 0 Å². The summed E-state index contributed by atoms with van der Waals surface area (Å²) in [5, 5.41) is 3.35. The van der Waals surface area contributed by atoms with E-state index < -0.39 is 0 Å². The van der Waals surface area contributed by atoms with Crippen molar-refractivity contribution in [3.63, 3.8) is 0 Å².